The molecule has 0 bridgehead atoms. The minimum atomic E-state index is 0.634. The van der Waals surface area contributed by atoms with E-state index in [4.69, 9.17) is 0 Å². The second-order valence-corrected chi connectivity index (χ2v) is 3.92. The number of hydrogen-bond acceptors (Lipinski definition) is 1. The molecule has 0 spiro atoms. The fraction of sp³-hybridized carbons (Fsp3) is 0.667. The Bertz CT molecular complexity index is 172. The summed E-state index contributed by atoms with van der Waals surface area (Å²) in [6, 6.07) is 1.35. The molecular formula is C12H21N. The van der Waals surface area contributed by atoms with Crippen LogP contribution in [0.1, 0.15) is 39.0 Å². The van der Waals surface area contributed by atoms with E-state index < -0.39 is 0 Å². The zero-order chi connectivity index (χ0) is 9.52. The third-order valence-corrected chi connectivity index (χ3v) is 2.59. The molecule has 1 rings (SSSR count). The van der Waals surface area contributed by atoms with Gasteiger partial charge in [-0.15, -0.1) is 6.58 Å². The maximum Gasteiger partial charge on any atom is 0.0107 e. The lowest BCUT2D eigenvalue weighted by molar-refractivity contribution is 0.405. The molecule has 0 saturated carbocycles. The molecule has 1 heteroatoms. The molecule has 0 heterocycles. The SMILES string of the molecule is C=CCCC(C)NC1CC=CCC1. The van der Waals surface area contributed by atoms with Gasteiger partial charge in [-0.3, -0.25) is 0 Å². The highest BCUT2D eigenvalue weighted by molar-refractivity contribution is 4.93. The Hall–Kier alpha value is -0.560. The molecule has 74 valence electrons. The molecular weight excluding hydrogens is 158 g/mol. The van der Waals surface area contributed by atoms with E-state index in [2.05, 4.69) is 31.0 Å². The molecule has 0 radical (unpaired) electrons. The van der Waals surface area contributed by atoms with E-state index in [9.17, 15) is 0 Å². The van der Waals surface area contributed by atoms with E-state index in [-0.39, 0.29) is 0 Å². The molecule has 2 unspecified atom stereocenters. The maximum absolute atomic E-state index is 3.74. The van der Waals surface area contributed by atoms with Crippen molar-refractivity contribution in [3.8, 4) is 0 Å². The van der Waals surface area contributed by atoms with Gasteiger partial charge in [0.2, 0.25) is 0 Å². The number of hydrogen-bond donors (Lipinski definition) is 1. The quantitative estimate of drug-likeness (QED) is 0.640. The molecule has 0 aromatic carbocycles. The first kappa shape index (κ1) is 10.5. The first-order valence-electron chi connectivity index (χ1n) is 5.35. The minimum Gasteiger partial charge on any atom is -0.311 e. The van der Waals surface area contributed by atoms with Gasteiger partial charge in [0.25, 0.3) is 0 Å². The van der Waals surface area contributed by atoms with Gasteiger partial charge in [0.1, 0.15) is 0 Å². The van der Waals surface area contributed by atoms with E-state index >= 15 is 0 Å². The molecule has 1 aliphatic rings. The van der Waals surface area contributed by atoms with E-state index in [0.29, 0.717) is 12.1 Å². The van der Waals surface area contributed by atoms with Crippen LogP contribution in [0.15, 0.2) is 24.8 Å². The summed E-state index contributed by atoms with van der Waals surface area (Å²) in [6.07, 6.45) is 12.7. The summed E-state index contributed by atoms with van der Waals surface area (Å²) in [5.41, 5.74) is 0. The van der Waals surface area contributed by atoms with Gasteiger partial charge >= 0.3 is 0 Å². The maximum atomic E-state index is 3.74. The van der Waals surface area contributed by atoms with Gasteiger partial charge in [-0.25, -0.2) is 0 Å². The van der Waals surface area contributed by atoms with Gasteiger partial charge < -0.3 is 5.32 Å². The van der Waals surface area contributed by atoms with Gasteiger partial charge in [-0.05, 0) is 39.0 Å². The van der Waals surface area contributed by atoms with Crippen LogP contribution in [0.2, 0.25) is 0 Å². The molecule has 0 amide bonds. The second-order valence-electron chi connectivity index (χ2n) is 3.92. The Labute approximate surface area is 81.9 Å². The van der Waals surface area contributed by atoms with Gasteiger partial charge in [-0.2, -0.15) is 0 Å². The highest BCUT2D eigenvalue weighted by Crippen LogP contribution is 2.12. The zero-order valence-electron chi connectivity index (χ0n) is 8.63. The van der Waals surface area contributed by atoms with Gasteiger partial charge in [0.05, 0.1) is 0 Å². The Kier molecular flexibility index (Phi) is 4.84. The normalized spacial score (nSPS) is 24.2. The van der Waals surface area contributed by atoms with Crippen molar-refractivity contribution >= 4 is 0 Å². The van der Waals surface area contributed by atoms with Crippen molar-refractivity contribution in [3.63, 3.8) is 0 Å². The van der Waals surface area contributed by atoms with E-state index in [0.717, 1.165) is 6.42 Å². The Morgan fingerprint density at radius 2 is 2.46 bits per heavy atom. The molecule has 1 aliphatic carbocycles. The third kappa shape index (κ3) is 4.28. The summed E-state index contributed by atoms with van der Waals surface area (Å²) in [5, 5.41) is 3.65. The van der Waals surface area contributed by atoms with Crippen LogP contribution < -0.4 is 5.32 Å². The summed E-state index contributed by atoms with van der Waals surface area (Å²) < 4.78 is 0. The Morgan fingerprint density at radius 1 is 1.62 bits per heavy atom. The lowest BCUT2D eigenvalue weighted by atomic mass is 10.0. The van der Waals surface area contributed by atoms with Crippen molar-refractivity contribution in [3.05, 3.63) is 24.8 Å². The molecule has 0 aromatic rings. The highest BCUT2D eigenvalue weighted by atomic mass is 14.9. The Morgan fingerprint density at radius 3 is 3.08 bits per heavy atom. The summed E-state index contributed by atoms with van der Waals surface area (Å²) >= 11 is 0. The lowest BCUT2D eigenvalue weighted by Crippen LogP contribution is -2.36. The van der Waals surface area contributed by atoms with Gasteiger partial charge in [0.15, 0.2) is 0 Å². The topological polar surface area (TPSA) is 12.0 Å². The van der Waals surface area contributed by atoms with Crippen LogP contribution in [0.4, 0.5) is 0 Å². The van der Waals surface area contributed by atoms with Crippen molar-refractivity contribution in [2.24, 2.45) is 0 Å². The van der Waals surface area contributed by atoms with E-state index in [1.165, 1.54) is 25.7 Å². The monoisotopic (exact) mass is 179 g/mol. The standard InChI is InChI=1S/C12H21N/c1-3-4-8-11(2)13-12-9-6-5-7-10-12/h3,5-6,11-13H,1,4,7-10H2,2H3. The highest BCUT2D eigenvalue weighted by Gasteiger charge is 2.11. The van der Waals surface area contributed by atoms with Gasteiger partial charge in [0, 0.05) is 12.1 Å². The average Bonchev–Trinajstić information content (AvgIpc) is 2.16. The molecule has 0 fully saturated rings. The summed E-state index contributed by atoms with van der Waals surface area (Å²) in [7, 11) is 0. The minimum absolute atomic E-state index is 0.634. The van der Waals surface area contributed by atoms with Crippen LogP contribution in [-0.2, 0) is 0 Å². The van der Waals surface area contributed by atoms with Crippen LogP contribution in [0, 0.1) is 0 Å². The van der Waals surface area contributed by atoms with Crippen LogP contribution >= 0.6 is 0 Å². The molecule has 0 aliphatic heterocycles. The van der Waals surface area contributed by atoms with Crippen LogP contribution in [-0.4, -0.2) is 12.1 Å². The Balaban J connectivity index is 2.15. The van der Waals surface area contributed by atoms with Gasteiger partial charge in [-0.1, -0.05) is 18.2 Å². The predicted octanol–water partition coefficient (Wildman–Crippen LogP) is 3.04. The molecule has 13 heavy (non-hydrogen) atoms. The zero-order valence-corrected chi connectivity index (χ0v) is 8.63. The first-order chi connectivity index (χ1) is 6.33. The molecule has 1 N–H and O–H groups in total. The number of allylic oxidation sites excluding steroid dienone is 2. The number of rotatable bonds is 5. The molecule has 0 saturated heterocycles. The van der Waals surface area contributed by atoms with Crippen molar-refractivity contribution in [2.75, 3.05) is 0 Å². The fourth-order valence-corrected chi connectivity index (χ4v) is 1.80. The van der Waals surface area contributed by atoms with Crippen molar-refractivity contribution in [2.45, 2.75) is 51.1 Å². The van der Waals surface area contributed by atoms with Crippen LogP contribution in [0.25, 0.3) is 0 Å². The molecule has 1 nitrogen and oxygen atoms in total. The largest absolute Gasteiger partial charge is 0.311 e. The summed E-state index contributed by atoms with van der Waals surface area (Å²) in [4.78, 5) is 0. The van der Waals surface area contributed by atoms with Crippen molar-refractivity contribution < 1.29 is 0 Å². The van der Waals surface area contributed by atoms with Crippen LogP contribution in [0.5, 0.6) is 0 Å². The number of nitrogens with one attached hydrogen (secondary N) is 1. The van der Waals surface area contributed by atoms with Crippen molar-refractivity contribution in [1.82, 2.24) is 5.32 Å². The third-order valence-electron chi connectivity index (χ3n) is 2.59. The fourth-order valence-electron chi connectivity index (χ4n) is 1.80. The summed E-state index contributed by atoms with van der Waals surface area (Å²) in [6.45, 7) is 6.01. The molecule has 2 atom stereocenters. The average molecular weight is 179 g/mol. The second kappa shape index (κ2) is 5.98. The molecule has 0 aromatic heterocycles. The summed E-state index contributed by atoms with van der Waals surface area (Å²) in [5.74, 6) is 0. The van der Waals surface area contributed by atoms with Crippen LogP contribution in [0.3, 0.4) is 0 Å². The smallest absolute Gasteiger partial charge is 0.0107 e. The van der Waals surface area contributed by atoms with Crippen molar-refractivity contribution in [1.29, 1.82) is 0 Å². The predicted molar refractivity (Wildman–Crippen MR) is 58.8 cm³/mol. The first-order valence-corrected chi connectivity index (χ1v) is 5.35. The van der Waals surface area contributed by atoms with E-state index in [1.807, 2.05) is 6.08 Å². The lowest BCUT2D eigenvalue weighted by Gasteiger charge is -2.23. The van der Waals surface area contributed by atoms with E-state index in [1.54, 1.807) is 0 Å².